The Morgan fingerprint density at radius 2 is 2.06 bits per heavy atom. The molecule has 0 fully saturated rings. The van der Waals surface area contributed by atoms with E-state index in [-0.39, 0.29) is 11.3 Å². The summed E-state index contributed by atoms with van der Waals surface area (Å²) in [6, 6.07) is 5.23. The molecule has 0 aliphatic heterocycles. The molecule has 1 amide bonds. The monoisotopic (exact) mass is 337 g/mol. The van der Waals surface area contributed by atoms with Crippen LogP contribution in [0.4, 0.5) is 0 Å². The van der Waals surface area contributed by atoms with Crippen LogP contribution >= 0.6 is 39.1 Å². The first-order chi connectivity index (χ1) is 7.75. The van der Waals surface area contributed by atoms with E-state index in [0.29, 0.717) is 15.1 Å². The first-order valence-corrected chi connectivity index (χ1v) is 6.77. The van der Waals surface area contributed by atoms with Crippen LogP contribution in [0, 0.1) is 0 Å². The lowest BCUT2D eigenvalue weighted by molar-refractivity contribution is 0.0912. The van der Waals surface area contributed by atoms with Gasteiger partial charge in [0.1, 0.15) is 0 Å². The standard InChI is InChI=1S/C12H14BrCl2NO/c1-7(14)12(2,3)16-11(17)8-5-4-6-9(13)10(8)15/h4-7H,1-3H3,(H,16,17). The predicted octanol–water partition coefficient (Wildman–Crippen LogP) is 4.24. The number of alkyl halides is 1. The van der Waals surface area contributed by atoms with E-state index >= 15 is 0 Å². The van der Waals surface area contributed by atoms with Crippen molar-refractivity contribution in [1.29, 1.82) is 0 Å². The molecule has 1 unspecified atom stereocenters. The molecule has 0 heterocycles. The van der Waals surface area contributed by atoms with Crippen LogP contribution in [0.3, 0.4) is 0 Å². The number of carbonyl (C=O) groups is 1. The van der Waals surface area contributed by atoms with Gasteiger partial charge < -0.3 is 5.32 Å². The SMILES string of the molecule is CC(Cl)C(C)(C)NC(=O)c1cccc(Br)c1Cl. The quantitative estimate of drug-likeness (QED) is 0.820. The Morgan fingerprint density at radius 3 is 2.59 bits per heavy atom. The second-order valence-corrected chi connectivity index (χ2v) is 6.28. The van der Waals surface area contributed by atoms with Crippen molar-refractivity contribution in [2.75, 3.05) is 0 Å². The largest absolute Gasteiger partial charge is 0.346 e. The summed E-state index contributed by atoms with van der Waals surface area (Å²) < 4.78 is 0.698. The van der Waals surface area contributed by atoms with Crippen molar-refractivity contribution in [3.8, 4) is 0 Å². The topological polar surface area (TPSA) is 29.1 Å². The molecular formula is C12H14BrCl2NO. The lowest BCUT2D eigenvalue weighted by atomic mass is 10.0. The number of benzene rings is 1. The molecule has 1 aromatic carbocycles. The Balaban J connectivity index is 2.95. The van der Waals surface area contributed by atoms with Gasteiger partial charge in [-0.15, -0.1) is 11.6 Å². The Hall–Kier alpha value is -0.250. The summed E-state index contributed by atoms with van der Waals surface area (Å²) in [6.07, 6.45) is 0. The fraction of sp³-hybridized carbons (Fsp3) is 0.417. The lowest BCUT2D eigenvalue weighted by Crippen LogP contribution is -2.49. The van der Waals surface area contributed by atoms with E-state index in [9.17, 15) is 4.79 Å². The van der Waals surface area contributed by atoms with E-state index < -0.39 is 5.54 Å². The van der Waals surface area contributed by atoms with E-state index in [0.717, 1.165) is 0 Å². The van der Waals surface area contributed by atoms with Crippen LogP contribution in [-0.2, 0) is 0 Å². The van der Waals surface area contributed by atoms with Crippen LogP contribution < -0.4 is 5.32 Å². The molecule has 1 N–H and O–H groups in total. The van der Waals surface area contributed by atoms with Gasteiger partial charge in [0.25, 0.3) is 5.91 Å². The molecule has 0 radical (unpaired) electrons. The van der Waals surface area contributed by atoms with Gasteiger partial charge in [-0.05, 0) is 48.8 Å². The minimum atomic E-state index is -0.496. The van der Waals surface area contributed by atoms with Gasteiger partial charge in [-0.2, -0.15) is 0 Å². The Bertz CT molecular complexity index is 433. The third kappa shape index (κ3) is 3.60. The molecule has 0 saturated carbocycles. The highest BCUT2D eigenvalue weighted by atomic mass is 79.9. The van der Waals surface area contributed by atoms with Crippen molar-refractivity contribution in [2.24, 2.45) is 0 Å². The van der Waals surface area contributed by atoms with Gasteiger partial charge in [0.15, 0.2) is 0 Å². The minimum absolute atomic E-state index is 0.183. The molecule has 5 heteroatoms. The maximum absolute atomic E-state index is 12.1. The van der Waals surface area contributed by atoms with E-state index in [1.165, 1.54) is 0 Å². The normalized spacial score (nSPS) is 13.3. The zero-order chi connectivity index (χ0) is 13.2. The van der Waals surface area contributed by atoms with Gasteiger partial charge in [-0.25, -0.2) is 0 Å². The van der Waals surface area contributed by atoms with Gasteiger partial charge in [-0.3, -0.25) is 4.79 Å². The number of rotatable bonds is 3. The number of halogens is 3. The van der Waals surface area contributed by atoms with Crippen LogP contribution in [0.5, 0.6) is 0 Å². The molecule has 0 aliphatic carbocycles. The first kappa shape index (κ1) is 14.8. The Kier molecular flexibility index (Phi) is 4.87. The van der Waals surface area contributed by atoms with Crippen molar-refractivity contribution in [2.45, 2.75) is 31.7 Å². The molecule has 1 aromatic rings. The Morgan fingerprint density at radius 1 is 1.47 bits per heavy atom. The van der Waals surface area contributed by atoms with Crippen molar-refractivity contribution in [3.05, 3.63) is 33.3 Å². The van der Waals surface area contributed by atoms with Crippen molar-refractivity contribution in [3.63, 3.8) is 0 Å². The number of nitrogens with one attached hydrogen (secondary N) is 1. The molecule has 1 atom stereocenters. The van der Waals surface area contributed by atoms with Crippen LogP contribution in [0.2, 0.25) is 5.02 Å². The maximum Gasteiger partial charge on any atom is 0.253 e. The van der Waals surface area contributed by atoms with E-state index in [2.05, 4.69) is 21.2 Å². The second-order valence-electron chi connectivity index (χ2n) is 4.39. The molecule has 0 aliphatic rings. The molecule has 2 nitrogen and oxygen atoms in total. The van der Waals surface area contributed by atoms with Crippen LogP contribution in [-0.4, -0.2) is 16.8 Å². The molecule has 17 heavy (non-hydrogen) atoms. The van der Waals surface area contributed by atoms with Crippen LogP contribution in [0.15, 0.2) is 22.7 Å². The predicted molar refractivity (Wildman–Crippen MR) is 76.0 cm³/mol. The zero-order valence-electron chi connectivity index (χ0n) is 9.85. The minimum Gasteiger partial charge on any atom is -0.346 e. The van der Waals surface area contributed by atoms with Gasteiger partial charge >= 0.3 is 0 Å². The lowest BCUT2D eigenvalue weighted by Gasteiger charge is -2.29. The molecule has 0 spiro atoms. The van der Waals surface area contributed by atoms with Gasteiger partial charge in [-0.1, -0.05) is 17.7 Å². The highest BCUT2D eigenvalue weighted by molar-refractivity contribution is 9.10. The number of hydrogen-bond acceptors (Lipinski definition) is 1. The number of carbonyl (C=O) groups excluding carboxylic acids is 1. The average Bonchev–Trinajstić information content (AvgIpc) is 2.21. The molecule has 94 valence electrons. The summed E-state index contributed by atoms with van der Waals surface area (Å²) in [6.45, 7) is 5.58. The van der Waals surface area contributed by atoms with Gasteiger partial charge in [0, 0.05) is 4.47 Å². The Labute approximate surface area is 120 Å². The van der Waals surface area contributed by atoms with Crippen LogP contribution in [0.25, 0.3) is 0 Å². The van der Waals surface area contributed by atoms with Crippen molar-refractivity contribution < 1.29 is 4.79 Å². The summed E-state index contributed by atoms with van der Waals surface area (Å²) in [7, 11) is 0. The third-order valence-corrected chi connectivity index (χ3v) is 4.47. The van der Waals surface area contributed by atoms with Gasteiger partial charge in [0.2, 0.25) is 0 Å². The van der Waals surface area contributed by atoms with Crippen molar-refractivity contribution in [1.82, 2.24) is 5.32 Å². The summed E-state index contributed by atoms with van der Waals surface area (Å²) in [5.74, 6) is -0.228. The fourth-order valence-corrected chi connectivity index (χ4v) is 1.77. The van der Waals surface area contributed by atoms with E-state index in [4.69, 9.17) is 23.2 Å². The summed E-state index contributed by atoms with van der Waals surface area (Å²) in [4.78, 5) is 12.1. The average molecular weight is 339 g/mol. The molecule has 0 aromatic heterocycles. The van der Waals surface area contributed by atoms with E-state index in [1.54, 1.807) is 18.2 Å². The van der Waals surface area contributed by atoms with Gasteiger partial charge in [0.05, 0.1) is 21.5 Å². The highest BCUT2D eigenvalue weighted by Crippen LogP contribution is 2.26. The second kappa shape index (κ2) is 5.59. The fourth-order valence-electron chi connectivity index (χ4n) is 1.14. The highest BCUT2D eigenvalue weighted by Gasteiger charge is 2.27. The first-order valence-electron chi connectivity index (χ1n) is 5.16. The molecule has 0 saturated heterocycles. The molecule has 0 bridgehead atoms. The summed E-state index contributed by atoms with van der Waals surface area (Å²) in [5.41, 5.74) is -0.0592. The summed E-state index contributed by atoms with van der Waals surface area (Å²) in [5, 5.41) is 3.09. The molecule has 1 rings (SSSR count). The van der Waals surface area contributed by atoms with Crippen molar-refractivity contribution >= 4 is 45.0 Å². The number of amides is 1. The number of hydrogen-bond donors (Lipinski definition) is 1. The van der Waals surface area contributed by atoms with Crippen LogP contribution in [0.1, 0.15) is 31.1 Å². The summed E-state index contributed by atoms with van der Waals surface area (Å²) >= 11 is 15.4. The maximum atomic E-state index is 12.1. The van der Waals surface area contributed by atoms with E-state index in [1.807, 2.05) is 20.8 Å². The third-order valence-electron chi connectivity index (χ3n) is 2.63. The molecular weight excluding hydrogens is 325 g/mol. The zero-order valence-corrected chi connectivity index (χ0v) is 12.9. The smallest absolute Gasteiger partial charge is 0.253 e.